The van der Waals surface area contributed by atoms with Crippen LogP contribution in [0.15, 0.2) is 77.4 Å². The van der Waals surface area contributed by atoms with E-state index in [0.29, 0.717) is 36.6 Å². The molecule has 1 atom stereocenters. The summed E-state index contributed by atoms with van der Waals surface area (Å²) in [5.74, 6) is 0.404. The molecule has 2 aromatic carbocycles. The minimum Gasteiger partial charge on any atom is -0.467 e. The van der Waals surface area contributed by atoms with Crippen LogP contribution in [0.2, 0.25) is 5.02 Å². The molecule has 6 heteroatoms. The van der Waals surface area contributed by atoms with Crippen molar-refractivity contribution in [1.29, 1.82) is 0 Å². The molecule has 0 spiro atoms. The smallest absolute Gasteiger partial charge is 0.243 e. The van der Waals surface area contributed by atoms with E-state index in [4.69, 9.17) is 16.0 Å². The number of furan rings is 1. The number of carbonyl (C=O) groups excluding carboxylic acids is 2. The van der Waals surface area contributed by atoms with Gasteiger partial charge in [0, 0.05) is 24.4 Å². The summed E-state index contributed by atoms with van der Waals surface area (Å²) in [4.78, 5) is 28.0. The molecule has 162 valence electrons. The van der Waals surface area contributed by atoms with E-state index < -0.39 is 6.04 Å². The molecule has 0 aliphatic heterocycles. The highest BCUT2D eigenvalue weighted by atomic mass is 35.5. The van der Waals surface area contributed by atoms with Crippen LogP contribution < -0.4 is 5.32 Å². The Balaban J connectivity index is 1.86. The van der Waals surface area contributed by atoms with E-state index in [1.165, 1.54) is 0 Å². The Hall–Kier alpha value is -3.05. The largest absolute Gasteiger partial charge is 0.467 e. The third-order valence-corrected chi connectivity index (χ3v) is 5.27. The van der Waals surface area contributed by atoms with Gasteiger partial charge in [-0.15, -0.1) is 0 Å². The van der Waals surface area contributed by atoms with Crippen molar-refractivity contribution in [3.8, 4) is 0 Å². The molecule has 31 heavy (non-hydrogen) atoms. The summed E-state index contributed by atoms with van der Waals surface area (Å²) >= 11 is 6.02. The van der Waals surface area contributed by atoms with Gasteiger partial charge in [0.05, 0.1) is 12.8 Å². The Labute approximate surface area is 188 Å². The zero-order valence-electron chi connectivity index (χ0n) is 17.6. The van der Waals surface area contributed by atoms with Crippen LogP contribution in [0.5, 0.6) is 0 Å². The lowest BCUT2D eigenvalue weighted by molar-refractivity contribution is -0.141. The zero-order chi connectivity index (χ0) is 22.1. The molecule has 0 aliphatic rings. The van der Waals surface area contributed by atoms with Gasteiger partial charge in [-0.3, -0.25) is 9.59 Å². The molecule has 3 rings (SSSR count). The zero-order valence-corrected chi connectivity index (χ0v) is 18.3. The molecule has 3 aromatic rings. The topological polar surface area (TPSA) is 62.6 Å². The van der Waals surface area contributed by atoms with Crippen molar-refractivity contribution >= 4 is 23.4 Å². The van der Waals surface area contributed by atoms with Gasteiger partial charge in [-0.05, 0) is 41.8 Å². The number of nitrogens with one attached hydrogen (secondary N) is 1. The molecule has 0 fully saturated rings. The summed E-state index contributed by atoms with van der Waals surface area (Å²) in [5, 5.41) is 3.56. The molecule has 0 bridgehead atoms. The van der Waals surface area contributed by atoms with Gasteiger partial charge < -0.3 is 14.6 Å². The molecular formula is C25H27ClN2O3. The predicted octanol–water partition coefficient (Wildman–Crippen LogP) is 4.99. The van der Waals surface area contributed by atoms with E-state index in [1.807, 2.05) is 49.4 Å². The molecule has 0 saturated carbocycles. The SMILES string of the molecule is CCCC(=O)N(Cc1ccc(Cl)cc1)[C@H](Cc1ccccc1)C(=O)NCc1ccco1. The van der Waals surface area contributed by atoms with E-state index in [1.54, 1.807) is 35.4 Å². The van der Waals surface area contributed by atoms with Crippen molar-refractivity contribution < 1.29 is 14.0 Å². The predicted molar refractivity (Wildman–Crippen MR) is 121 cm³/mol. The van der Waals surface area contributed by atoms with Gasteiger partial charge in [0.2, 0.25) is 11.8 Å². The molecule has 5 nitrogen and oxygen atoms in total. The highest BCUT2D eigenvalue weighted by molar-refractivity contribution is 6.30. The molecule has 1 aromatic heterocycles. The lowest BCUT2D eigenvalue weighted by Crippen LogP contribution is -2.50. The molecular weight excluding hydrogens is 412 g/mol. The summed E-state index contributed by atoms with van der Waals surface area (Å²) in [5.41, 5.74) is 1.91. The Morgan fingerprint density at radius 2 is 1.74 bits per heavy atom. The van der Waals surface area contributed by atoms with E-state index in [0.717, 1.165) is 11.1 Å². The number of amides is 2. The van der Waals surface area contributed by atoms with Crippen molar-refractivity contribution in [1.82, 2.24) is 10.2 Å². The van der Waals surface area contributed by atoms with Crippen LogP contribution in [-0.2, 0) is 29.1 Å². The van der Waals surface area contributed by atoms with Gasteiger partial charge in [0.25, 0.3) is 0 Å². The van der Waals surface area contributed by atoms with Crippen molar-refractivity contribution in [2.24, 2.45) is 0 Å². The second-order valence-corrected chi connectivity index (χ2v) is 7.84. The van der Waals surface area contributed by atoms with Crippen LogP contribution in [-0.4, -0.2) is 22.8 Å². The first-order valence-electron chi connectivity index (χ1n) is 10.4. The number of carbonyl (C=O) groups is 2. The minimum atomic E-state index is -0.646. The summed E-state index contributed by atoms with van der Waals surface area (Å²) in [7, 11) is 0. The monoisotopic (exact) mass is 438 g/mol. The number of rotatable bonds is 10. The van der Waals surface area contributed by atoms with Gasteiger partial charge in [0.1, 0.15) is 11.8 Å². The van der Waals surface area contributed by atoms with Crippen LogP contribution >= 0.6 is 11.6 Å². The van der Waals surface area contributed by atoms with Crippen molar-refractivity contribution in [3.05, 3.63) is 94.9 Å². The first kappa shape index (κ1) is 22.6. The maximum absolute atomic E-state index is 13.3. The van der Waals surface area contributed by atoms with Crippen LogP contribution in [0, 0.1) is 0 Å². The third-order valence-electron chi connectivity index (χ3n) is 5.02. The van der Waals surface area contributed by atoms with E-state index >= 15 is 0 Å². The van der Waals surface area contributed by atoms with Crippen LogP contribution in [0.3, 0.4) is 0 Å². The minimum absolute atomic E-state index is 0.0495. The Bertz CT molecular complexity index is 956. The van der Waals surface area contributed by atoms with Crippen molar-refractivity contribution in [3.63, 3.8) is 0 Å². The third kappa shape index (κ3) is 6.72. The summed E-state index contributed by atoms with van der Waals surface area (Å²) in [6.07, 6.45) is 3.08. The second kappa shape index (κ2) is 11.4. The lowest BCUT2D eigenvalue weighted by Gasteiger charge is -2.31. The van der Waals surface area contributed by atoms with Crippen LogP contribution in [0.4, 0.5) is 0 Å². The van der Waals surface area contributed by atoms with Crippen LogP contribution in [0.1, 0.15) is 36.7 Å². The number of nitrogens with zero attached hydrogens (tertiary/aromatic N) is 1. The van der Waals surface area contributed by atoms with E-state index in [2.05, 4.69) is 5.32 Å². The van der Waals surface area contributed by atoms with Gasteiger partial charge in [-0.25, -0.2) is 0 Å². The fourth-order valence-corrected chi connectivity index (χ4v) is 3.53. The molecule has 0 unspecified atom stereocenters. The van der Waals surface area contributed by atoms with Crippen molar-refractivity contribution in [2.75, 3.05) is 0 Å². The second-order valence-electron chi connectivity index (χ2n) is 7.40. The molecule has 2 amide bonds. The maximum atomic E-state index is 13.3. The number of hydrogen-bond acceptors (Lipinski definition) is 3. The van der Waals surface area contributed by atoms with E-state index in [-0.39, 0.29) is 18.4 Å². The Morgan fingerprint density at radius 1 is 1.00 bits per heavy atom. The fourth-order valence-electron chi connectivity index (χ4n) is 3.40. The normalized spacial score (nSPS) is 11.7. The average molecular weight is 439 g/mol. The standard InChI is InChI=1S/C25H27ClN2O3/c1-2-7-24(29)28(18-20-11-13-21(26)14-12-20)23(16-19-8-4-3-5-9-19)25(30)27-17-22-10-6-15-31-22/h3-6,8-15,23H,2,7,16-18H2,1H3,(H,27,30)/t23-/m1/s1. The number of halogens is 1. The summed E-state index contributed by atoms with van der Waals surface area (Å²) in [6, 6.07) is 20.0. The number of benzene rings is 2. The van der Waals surface area contributed by atoms with Gasteiger partial charge in [-0.1, -0.05) is 61.0 Å². The molecule has 0 radical (unpaired) electrons. The lowest BCUT2D eigenvalue weighted by atomic mass is 10.0. The van der Waals surface area contributed by atoms with Gasteiger partial charge >= 0.3 is 0 Å². The fraction of sp³-hybridized carbons (Fsp3) is 0.280. The number of hydrogen-bond donors (Lipinski definition) is 1. The molecule has 1 N–H and O–H groups in total. The average Bonchev–Trinajstić information content (AvgIpc) is 3.30. The first-order chi connectivity index (χ1) is 15.1. The molecule has 0 aliphatic carbocycles. The van der Waals surface area contributed by atoms with Crippen molar-refractivity contribution in [2.45, 2.75) is 45.3 Å². The molecule has 0 saturated heterocycles. The maximum Gasteiger partial charge on any atom is 0.243 e. The van der Waals surface area contributed by atoms with Gasteiger partial charge in [0.15, 0.2) is 0 Å². The quantitative estimate of drug-likeness (QED) is 0.485. The Morgan fingerprint density at radius 3 is 2.39 bits per heavy atom. The van der Waals surface area contributed by atoms with Gasteiger partial charge in [-0.2, -0.15) is 0 Å². The highest BCUT2D eigenvalue weighted by Gasteiger charge is 2.30. The Kier molecular flexibility index (Phi) is 8.30. The van der Waals surface area contributed by atoms with E-state index in [9.17, 15) is 9.59 Å². The molecule has 1 heterocycles. The van der Waals surface area contributed by atoms with Crippen LogP contribution in [0.25, 0.3) is 0 Å². The first-order valence-corrected chi connectivity index (χ1v) is 10.8. The highest BCUT2D eigenvalue weighted by Crippen LogP contribution is 2.18. The summed E-state index contributed by atoms with van der Waals surface area (Å²) < 4.78 is 5.33. The summed E-state index contributed by atoms with van der Waals surface area (Å²) in [6.45, 7) is 2.57.